The highest BCUT2D eigenvalue weighted by atomic mass is 16.5. The fraction of sp³-hybridized carbons (Fsp3) is 0.0952. The Morgan fingerprint density at radius 1 is 1.07 bits per heavy atom. The van der Waals surface area contributed by atoms with Crippen molar-refractivity contribution in [1.29, 1.82) is 0 Å². The third kappa shape index (κ3) is 3.50. The van der Waals surface area contributed by atoms with Gasteiger partial charge in [0.25, 0.3) is 0 Å². The Bertz CT molecular complexity index is 1140. The van der Waals surface area contributed by atoms with Crippen molar-refractivity contribution < 1.29 is 9.53 Å². The van der Waals surface area contributed by atoms with Gasteiger partial charge in [0.2, 0.25) is 5.78 Å². The van der Waals surface area contributed by atoms with Crippen molar-refractivity contribution in [1.82, 2.24) is 14.4 Å². The molecule has 4 aromatic rings. The van der Waals surface area contributed by atoms with E-state index in [9.17, 15) is 4.79 Å². The first-order valence-electron chi connectivity index (χ1n) is 8.76. The van der Waals surface area contributed by atoms with Gasteiger partial charge in [0.1, 0.15) is 17.3 Å². The lowest BCUT2D eigenvalue weighted by atomic mass is 10.1. The maximum absolute atomic E-state index is 12.6. The summed E-state index contributed by atoms with van der Waals surface area (Å²) in [6, 6.07) is 16.5. The second-order valence-corrected chi connectivity index (χ2v) is 6.28. The Morgan fingerprint density at radius 2 is 1.89 bits per heavy atom. The second-order valence-electron chi connectivity index (χ2n) is 6.28. The van der Waals surface area contributed by atoms with E-state index < -0.39 is 0 Å². The van der Waals surface area contributed by atoms with Gasteiger partial charge in [0.15, 0.2) is 0 Å². The van der Waals surface area contributed by atoms with Crippen LogP contribution in [0.5, 0.6) is 5.75 Å². The lowest BCUT2D eigenvalue weighted by Crippen LogP contribution is -2.20. The third-order valence-electron chi connectivity index (χ3n) is 4.29. The summed E-state index contributed by atoms with van der Waals surface area (Å²) in [5.41, 5.74) is 3.32. The molecule has 0 atom stereocenters. The van der Waals surface area contributed by atoms with Crippen molar-refractivity contribution in [3.63, 3.8) is 0 Å². The van der Waals surface area contributed by atoms with Gasteiger partial charge in [0.05, 0.1) is 7.11 Å². The van der Waals surface area contributed by atoms with Crippen molar-refractivity contribution in [3.05, 3.63) is 72.6 Å². The number of aryl methyl sites for hydroxylation is 1. The number of hydrogen-bond donors (Lipinski definition) is 2. The predicted molar refractivity (Wildman–Crippen MR) is 109 cm³/mol. The number of aromatic nitrogens is 3. The molecule has 2 amide bonds. The van der Waals surface area contributed by atoms with Crippen LogP contribution >= 0.6 is 0 Å². The van der Waals surface area contributed by atoms with E-state index in [0.29, 0.717) is 28.7 Å². The van der Waals surface area contributed by atoms with Gasteiger partial charge in [-0.3, -0.25) is 9.72 Å². The molecular formula is C21H19N5O2. The predicted octanol–water partition coefficient (Wildman–Crippen LogP) is 4.36. The van der Waals surface area contributed by atoms with E-state index in [4.69, 9.17) is 4.74 Å². The number of nitrogens with zero attached hydrogens (tertiary/aromatic N) is 3. The molecule has 0 aliphatic heterocycles. The zero-order chi connectivity index (χ0) is 19.5. The van der Waals surface area contributed by atoms with Crippen molar-refractivity contribution >= 4 is 23.3 Å². The smallest absolute Gasteiger partial charge is 0.324 e. The van der Waals surface area contributed by atoms with Crippen LogP contribution < -0.4 is 15.4 Å². The maximum Gasteiger partial charge on any atom is 0.324 e. The summed E-state index contributed by atoms with van der Waals surface area (Å²) in [7, 11) is 1.58. The van der Waals surface area contributed by atoms with Crippen LogP contribution in [0.4, 0.5) is 16.3 Å². The minimum atomic E-state index is -0.382. The molecule has 0 saturated carbocycles. The van der Waals surface area contributed by atoms with Crippen LogP contribution in [-0.4, -0.2) is 27.5 Å². The number of imidazole rings is 1. The Morgan fingerprint density at radius 3 is 2.68 bits per heavy atom. The van der Waals surface area contributed by atoms with Crippen LogP contribution in [0, 0.1) is 6.92 Å². The molecule has 0 spiro atoms. The summed E-state index contributed by atoms with van der Waals surface area (Å²) < 4.78 is 6.94. The molecule has 2 aromatic heterocycles. The van der Waals surface area contributed by atoms with Gasteiger partial charge >= 0.3 is 6.03 Å². The Labute approximate surface area is 162 Å². The third-order valence-corrected chi connectivity index (χ3v) is 4.29. The minimum Gasteiger partial charge on any atom is -0.497 e. The number of amides is 2. The van der Waals surface area contributed by atoms with E-state index in [0.717, 1.165) is 11.1 Å². The second kappa shape index (κ2) is 7.40. The zero-order valence-electron chi connectivity index (χ0n) is 15.5. The highest BCUT2D eigenvalue weighted by Crippen LogP contribution is 2.28. The van der Waals surface area contributed by atoms with Crippen molar-refractivity contribution in [2.45, 2.75) is 6.92 Å². The van der Waals surface area contributed by atoms with Crippen LogP contribution in [0.3, 0.4) is 0 Å². The number of benzene rings is 2. The fourth-order valence-corrected chi connectivity index (χ4v) is 2.89. The molecule has 0 bridgehead atoms. The van der Waals surface area contributed by atoms with Crippen molar-refractivity contribution in [2.24, 2.45) is 0 Å². The van der Waals surface area contributed by atoms with Crippen LogP contribution in [0.15, 0.2) is 67.0 Å². The lowest BCUT2D eigenvalue weighted by Gasteiger charge is -2.10. The number of ether oxygens (including phenoxy) is 1. The molecule has 7 heteroatoms. The summed E-state index contributed by atoms with van der Waals surface area (Å²) in [6.07, 6.45) is 3.48. The standard InChI is InChI=1S/C21H19N5O2/c1-14-7-9-15(10-8-14)18-19(26-12-4-11-22-20(26)24-18)25-21(27)23-16-5-3-6-17(13-16)28-2/h3-13H,1-2H3,(H2,23,25,27). The van der Waals surface area contributed by atoms with Gasteiger partial charge < -0.3 is 10.1 Å². The lowest BCUT2D eigenvalue weighted by molar-refractivity contribution is 0.262. The number of carbonyl (C=O) groups is 1. The molecule has 2 heterocycles. The molecular weight excluding hydrogens is 354 g/mol. The number of rotatable bonds is 4. The number of urea groups is 1. The average Bonchev–Trinajstić information content (AvgIpc) is 3.07. The van der Waals surface area contributed by atoms with Crippen LogP contribution in [0.2, 0.25) is 0 Å². The van der Waals surface area contributed by atoms with Gasteiger partial charge in [-0.05, 0) is 25.1 Å². The summed E-state index contributed by atoms with van der Waals surface area (Å²) in [6.45, 7) is 2.02. The van der Waals surface area contributed by atoms with E-state index in [-0.39, 0.29) is 6.03 Å². The van der Waals surface area contributed by atoms with Gasteiger partial charge in [-0.15, -0.1) is 0 Å². The summed E-state index contributed by atoms with van der Waals surface area (Å²) >= 11 is 0. The summed E-state index contributed by atoms with van der Waals surface area (Å²) in [4.78, 5) is 21.5. The van der Waals surface area contributed by atoms with E-state index in [1.807, 2.05) is 49.5 Å². The Hall–Kier alpha value is -3.87. The first kappa shape index (κ1) is 17.5. The molecule has 0 aliphatic rings. The van der Waals surface area contributed by atoms with E-state index in [2.05, 4.69) is 20.6 Å². The zero-order valence-corrected chi connectivity index (χ0v) is 15.5. The van der Waals surface area contributed by atoms with Crippen LogP contribution in [0.25, 0.3) is 17.0 Å². The normalized spacial score (nSPS) is 10.6. The SMILES string of the molecule is COc1cccc(NC(=O)Nc2c(-c3ccc(C)cc3)nc3ncccn23)c1. The topological polar surface area (TPSA) is 80.5 Å². The fourth-order valence-electron chi connectivity index (χ4n) is 2.89. The summed E-state index contributed by atoms with van der Waals surface area (Å²) in [5, 5.41) is 5.72. The van der Waals surface area contributed by atoms with Crippen molar-refractivity contribution in [2.75, 3.05) is 17.7 Å². The monoisotopic (exact) mass is 373 g/mol. The molecule has 28 heavy (non-hydrogen) atoms. The number of hydrogen-bond acceptors (Lipinski definition) is 4. The molecule has 0 saturated heterocycles. The van der Waals surface area contributed by atoms with Crippen molar-refractivity contribution in [3.8, 4) is 17.0 Å². The van der Waals surface area contributed by atoms with Gasteiger partial charge in [-0.25, -0.2) is 14.8 Å². The number of fused-ring (bicyclic) bond motifs is 1. The van der Waals surface area contributed by atoms with E-state index in [1.165, 1.54) is 0 Å². The largest absolute Gasteiger partial charge is 0.497 e. The van der Waals surface area contributed by atoms with Crippen LogP contribution in [0.1, 0.15) is 5.56 Å². The quantitative estimate of drug-likeness (QED) is 0.557. The van der Waals surface area contributed by atoms with E-state index in [1.54, 1.807) is 35.9 Å². The van der Waals surface area contributed by atoms with Gasteiger partial charge in [-0.2, -0.15) is 0 Å². The van der Waals surface area contributed by atoms with Crippen LogP contribution in [-0.2, 0) is 0 Å². The molecule has 0 unspecified atom stereocenters. The Balaban J connectivity index is 1.68. The number of carbonyl (C=O) groups excluding carboxylic acids is 1. The molecule has 2 N–H and O–H groups in total. The molecule has 0 radical (unpaired) electrons. The van der Waals surface area contributed by atoms with E-state index >= 15 is 0 Å². The molecule has 2 aromatic carbocycles. The Kier molecular flexibility index (Phi) is 4.63. The average molecular weight is 373 g/mol. The highest BCUT2D eigenvalue weighted by Gasteiger charge is 2.17. The minimum absolute atomic E-state index is 0.382. The molecule has 7 nitrogen and oxygen atoms in total. The molecule has 0 aliphatic carbocycles. The molecule has 140 valence electrons. The number of nitrogens with one attached hydrogen (secondary N) is 2. The maximum atomic E-state index is 12.6. The number of methoxy groups -OCH3 is 1. The highest BCUT2D eigenvalue weighted by molar-refractivity contribution is 6.01. The first-order chi connectivity index (χ1) is 13.6. The van der Waals surface area contributed by atoms with Gasteiger partial charge in [-0.1, -0.05) is 35.9 Å². The first-order valence-corrected chi connectivity index (χ1v) is 8.76. The van der Waals surface area contributed by atoms with Gasteiger partial charge in [0, 0.05) is 29.7 Å². The molecule has 0 fully saturated rings. The summed E-state index contributed by atoms with van der Waals surface area (Å²) in [5.74, 6) is 1.72. The number of anilines is 2. The molecule has 4 rings (SSSR count).